The highest BCUT2D eigenvalue weighted by Crippen LogP contribution is 2.38. The number of methoxy groups -OCH3 is 1. The topological polar surface area (TPSA) is 33.3 Å². The minimum absolute atomic E-state index is 0.0735. The molecule has 0 aromatic heterocycles. The van der Waals surface area contributed by atoms with E-state index in [1.165, 1.54) is 16.7 Å². The number of anilines is 1. The van der Waals surface area contributed by atoms with E-state index in [0.717, 1.165) is 22.9 Å². The molecule has 4 heteroatoms. The maximum Gasteiger partial charge on any atom is 0.118 e. The van der Waals surface area contributed by atoms with Crippen LogP contribution in [0.3, 0.4) is 0 Å². The fourth-order valence-electron chi connectivity index (χ4n) is 3.77. The molecule has 138 valence electrons. The van der Waals surface area contributed by atoms with Crippen molar-refractivity contribution in [3.63, 3.8) is 0 Å². The molecular formula is C23H23ClN2O. The van der Waals surface area contributed by atoms with Gasteiger partial charge in [0.25, 0.3) is 0 Å². The molecule has 0 radical (unpaired) electrons. The van der Waals surface area contributed by atoms with Crippen LogP contribution in [0, 0.1) is 0 Å². The van der Waals surface area contributed by atoms with E-state index in [-0.39, 0.29) is 11.7 Å². The van der Waals surface area contributed by atoms with Crippen LogP contribution in [0.1, 0.15) is 29.7 Å². The van der Waals surface area contributed by atoms with Crippen LogP contribution in [0.4, 0.5) is 5.69 Å². The number of hydrogen-bond donors (Lipinski definition) is 2. The molecule has 0 bridgehead atoms. The number of ether oxygens (including phenoxy) is 1. The van der Waals surface area contributed by atoms with Crippen LogP contribution in [-0.4, -0.2) is 12.8 Å². The lowest BCUT2D eigenvalue weighted by Crippen LogP contribution is -2.55. The van der Waals surface area contributed by atoms with E-state index < -0.39 is 0 Å². The molecule has 0 spiro atoms. The first-order chi connectivity index (χ1) is 13.1. The van der Waals surface area contributed by atoms with Gasteiger partial charge in [-0.2, -0.15) is 0 Å². The molecule has 0 aliphatic carbocycles. The van der Waals surface area contributed by atoms with E-state index in [9.17, 15) is 0 Å². The second-order valence-electron chi connectivity index (χ2n) is 7.20. The average Bonchev–Trinajstić information content (AvgIpc) is 2.69. The van der Waals surface area contributed by atoms with Gasteiger partial charge in [-0.1, -0.05) is 54.1 Å². The lowest BCUT2D eigenvalue weighted by atomic mass is 9.89. The van der Waals surface area contributed by atoms with Gasteiger partial charge in [0.1, 0.15) is 5.75 Å². The van der Waals surface area contributed by atoms with Gasteiger partial charge in [0.2, 0.25) is 0 Å². The van der Waals surface area contributed by atoms with E-state index >= 15 is 0 Å². The first-order valence-corrected chi connectivity index (χ1v) is 9.47. The SMILES string of the molecule is COc1ccc(C[C@]2(C)Nc3ccc(Cl)cc3[C@@H](c3ccccc3)N2)cc1. The molecule has 0 fully saturated rings. The first kappa shape index (κ1) is 17.9. The Labute approximate surface area is 165 Å². The second kappa shape index (κ2) is 7.26. The van der Waals surface area contributed by atoms with E-state index in [1.807, 2.05) is 30.3 Å². The second-order valence-corrected chi connectivity index (χ2v) is 7.64. The third-order valence-corrected chi connectivity index (χ3v) is 5.28. The summed E-state index contributed by atoms with van der Waals surface area (Å²) < 4.78 is 5.27. The van der Waals surface area contributed by atoms with Gasteiger partial charge in [-0.3, -0.25) is 5.32 Å². The van der Waals surface area contributed by atoms with Crippen molar-refractivity contribution in [2.24, 2.45) is 0 Å². The molecule has 0 saturated carbocycles. The largest absolute Gasteiger partial charge is 0.497 e. The fraction of sp³-hybridized carbons (Fsp3) is 0.217. The fourth-order valence-corrected chi connectivity index (χ4v) is 3.95. The molecule has 1 aliphatic rings. The summed E-state index contributed by atoms with van der Waals surface area (Å²) >= 11 is 6.29. The summed E-state index contributed by atoms with van der Waals surface area (Å²) in [5, 5.41) is 8.23. The van der Waals surface area contributed by atoms with Crippen molar-refractivity contribution < 1.29 is 4.74 Å². The Kier molecular flexibility index (Phi) is 4.81. The quantitative estimate of drug-likeness (QED) is 0.636. The van der Waals surface area contributed by atoms with Crippen LogP contribution >= 0.6 is 11.6 Å². The number of halogens is 1. The zero-order valence-electron chi connectivity index (χ0n) is 15.5. The minimum atomic E-state index is -0.296. The number of rotatable bonds is 4. The standard InChI is InChI=1S/C23H23ClN2O/c1-23(15-16-8-11-19(27-2)12-9-16)25-21-13-10-18(24)14-20(21)22(26-23)17-6-4-3-5-7-17/h3-14,22,25-26H,15H2,1-2H3/t22-,23-/m1/s1. The van der Waals surface area contributed by atoms with Gasteiger partial charge in [-0.15, -0.1) is 0 Å². The maximum atomic E-state index is 6.29. The molecule has 1 heterocycles. The summed E-state index contributed by atoms with van der Waals surface area (Å²) in [6, 6.07) is 24.9. The highest BCUT2D eigenvalue weighted by Gasteiger charge is 2.35. The third kappa shape index (κ3) is 3.80. The van der Waals surface area contributed by atoms with E-state index in [0.29, 0.717) is 0 Å². The molecule has 0 amide bonds. The first-order valence-electron chi connectivity index (χ1n) is 9.09. The monoisotopic (exact) mass is 378 g/mol. The highest BCUT2D eigenvalue weighted by atomic mass is 35.5. The number of fused-ring (bicyclic) bond motifs is 1. The summed E-state index contributed by atoms with van der Waals surface area (Å²) in [6.45, 7) is 2.20. The molecule has 3 nitrogen and oxygen atoms in total. The molecule has 0 unspecified atom stereocenters. The summed E-state index contributed by atoms with van der Waals surface area (Å²) in [7, 11) is 1.69. The van der Waals surface area contributed by atoms with Gasteiger partial charge in [0.05, 0.1) is 18.8 Å². The van der Waals surface area contributed by atoms with Gasteiger partial charge in [-0.25, -0.2) is 0 Å². The molecular weight excluding hydrogens is 356 g/mol. The van der Waals surface area contributed by atoms with Crippen LogP contribution in [0.25, 0.3) is 0 Å². The van der Waals surface area contributed by atoms with Crippen molar-refractivity contribution in [2.75, 3.05) is 12.4 Å². The lowest BCUT2D eigenvalue weighted by molar-refractivity contribution is 0.354. The Morgan fingerprint density at radius 2 is 1.74 bits per heavy atom. The zero-order chi connectivity index (χ0) is 18.9. The van der Waals surface area contributed by atoms with Crippen LogP contribution in [0.2, 0.25) is 5.02 Å². The van der Waals surface area contributed by atoms with Gasteiger partial charge in [0, 0.05) is 17.1 Å². The van der Waals surface area contributed by atoms with E-state index in [1.54, 1.807) is 7.11 Å². The highest BCUT2D eigenvalue weighted by molar-refractivity contribution is 6.30. The maximum absolute atomic E-state index is 6.29. The smallest absolute Gasteiger partial charge is 0.118 e. The summed E-state index contributed by atoms with van der Waals surface area (Å²) in [4.78, 5) is 0. The Morgan fingerprint density at radius 3 is 2.44 bits per heavy atom. The van der Waals surface area contributed by atoms with Crippen molar-refractivity contribution in [1.29, 1.82) is 0 Å². The molecule has 0 saturated heterocycles. The van der Waals surface area contributed by atoms with Crippen LogP contribution in [0.15, 0.2) is 72.8 Å². The Hall–Kier alpha value is -2.49. The van der Waals surface area contributed by atoms with Gasteiger partial charge < -0.3 is 10.1 Å². The zero-order valence-corrected chi connectivity index (χ0v) is 16.3. The molecule has 2 N–H and O–H groups in total. The number of benzene rings is 3. The van der Waals surface area contributed by atoms with Gasteiger partial charge in [-0.05, 0) is 53.9 Å². The molecule has 27 heavy (non-hydrogen) atoms. The number of hydrogen-bond acceptors (Lipinski definition) is 3. The number of nitrogens with one attached hydrogen (secondary N) is 2. The third-order valence-electron chi connectivity index (χ3n) is 5.05. The molecule has 3 aromatic rings. The van der Waals surface area contributed by atoms with E-state index in [4.69, 9.17) is 16.3 Å². The lowest BCUT2D eigenvalue weighted by Gasteiger charge is -2.43. The van der Waals surface area contributed by atoms with Crippen LogP contribution in [0.5, 0.6) is 5.75 Å². The molecule has 4 rings (SSSR count). The van der Waals surface area contributed by atoms with Crippen LogP contribution < -0.4 is 15.4 Å². The van der Waals surface area contributed by atoms with Crippen molar-refractivity contribution >= 4 is 17.3 Å². The predicted molar refractivity (Wildman–Crippen MR) is 112 cm³/mol. The van der Waals surface area contributed by atoms with E-state index in [2.05, 4.69) is 60.0 Å². The minimum Gasteiger partial charge on any atom is -0.497 e. The summed E-state index contributed by atoms with van der Waals surface area (Å²) in [5.41, 5.74) is 4.45. The average molecular weight is 379 g/mol. The summed E-state index contributed by atoms with van der Waals surface area (Å²) in [6.07, 6.45) is 0.836. The Morgan fingerprint density at radius 1 is 1.00 bits per heavy atom. The van der Waals surface area contributed by atoms with Crippen molar-refractivity contribution in [3.05, 3.63) is 94.5 Å². The molecule has 2 atom stereocenters. The van der Waals surface area contributed by atoms with Crippen molar-refractivity contribution in [2.45, 2.75) is 25.0 Å². The Bertz CT molecular complexity index is 927. The summed E-state index contributed by atoms with van der Waals surface area (Å²) in [5.74, 6) is 0.871. The van der Waals surface area contributed by atoms with Gasteiger partial charge >= 0.3 is 0 Å². The predicted octanol–water partition coefficient (Wildman–Crippen LogP) is 5.41. The van der Waals surface area contributed by atoms with Gasteiger partial charge in [0.15, 0.2) is 0 Å². The van der Waals surface area contributed by atoms with Crippen molar-refractivity contribution in [1.82, 2.24) is 5.32 Å². The van der Waals surface area contributed by atoms with Crippen LogP contribution in [-0.2, 0) is 6.42 Å². The molecule has 3 aromatic carbocycles. The van der Waals surface area contributed by atoms with Crippen molar-refractivity contribution in [3.8, 4) is 5.75 Å². The normalized spacial score (nSPS) is 21.2. The molecule has 1 aliphatic heterocycles. The Balaban J connectivity index is 1.69.